The minimum atomic E-state index is -2.01. The highest BCUT2D eigenvalue weighted by molar-refractivity contribution is 5.81. The van der Waals surface area contributed by atoms with Crippen molar-refractivity contribution in [1.29, 1.82) is 0 Å². The van der Waals surface area contributed by atoms with E-state index in [1.807, 2.05) is 19.1 Å². The van der Waals surface area contributed by atoms with Crippen LogP contribution in [0, 0.1) is 0 Å². The first-order chi connectivity index (χ1) is 19.8. The molecule has 0 unspecified atom stereocenters. The second-order valence-electron chi connectivity index (χ2n) is 10.9. The van der Waals surface area contributed by atoms with E-state index in [0.717, 1.165) is 48.8 Å². The van der Waals surface area contributed by atoms with Crippen molar-refractivity contribution < 1.29 is 23.0 Å². The summed E-state index contributed by atoms with van der Waals surface area (Å²) in [6, 6.07) is 14.1. The van der Waals surface area contributed by atoms with Gasteiger partial charge in [-0.2, -0.15) is 0 Å². The lowest BCUT2D eigenvalue weighted by Crippen LogP contribution is -2.34. The summed E-state index contributed by atoms with van der Waals surface area (Å²) < 4.78 is 39.7. The van der Waals surface area contributed by atoms with Crippen LogP contribution in [0.1, 0.15) is 91.4 Å². The lowest BCUT2D eigenvalue weighted by Gasteiger charge is -2.18. The quantitative estimate of drug-likeness (QED) is 0.0872. The first-order valence-electron chi connectivity index (χ1n) is 15.0. The molecule has 2 aromatic carbocycles. The maximum absolute atomic E-state index is 14.9. The molecule has 1 aromatic heterocycles. The van der Waals surface area contributed by atoms with Gasteiger partial charge < -0.3 is 9.47 Å². The van der Waals surface area contributed by atoms with Gasteiger partial charge in [0.2, 0.25) is 5.67 Å². The van der Waals surface area contributed by atoms with Crippen LogP contribution in [0.2, 0.25) is 0 Å². The fraction of sp³-hybridized carbons (Fsp3) is 0.500. The van der Waals surface area contributed by atoms with E-state index in [1.165, 1.54) is 26.2 Å². The van der Waals surface area contributed by atoms with Gasteiger partial charge in [0.05, 0.1) is 0 Å². The molecule has 5 nitrogen and oxygen atoms in total. The average molecular weight is 567 g/mol. The Bertz CT molecular complexity index is 1170. The summed E-state index contributed by atoms with van der Waals surface area (Å²) in [7, 11) is 0. The molecule has 2 atom stereocenters. The summed E-state index contributed by atoms with van der Waals surface area (Å²) in [5, 5.41) is 0. The predicted octanol–water partition coefficient (Wildman–Crippen LogP) is 9.49. The van der Waals surface area contributed by atoms with Crippen LogP contribution in [0.3, 0.4) is 0 Å². The number of esters is 1. The van der Waals surface area contributed by atoms with Crippen LogP contribution in [-0.4, -0.2) is 34.4 Å². The van der Waals surface area contributed by atoms with E-state index in [0.29, 0.717) is 30.2 Å². The largest absolute Gasteiger partial charge is 0.491 e. The number of ether oxygens (including phenoxy) is 2. The fourth-order valence-electron chi connectivity index (χ4n) is 4.47. The maximum Gasteiger partial charge on any atom is 0.348 e. The molecule has 0 aliphatic heterocycles. The topological polar surface area (TPSA) is 61.3 Å². The fourth-order valence-corrected chi connectivity index (χ4v) is 4.47. The van der Waals surface area contributed by atoms with Gasteiger partial charge in [0.1, 0.15) is 24.3 Å². The van der Waals surface area contributed by atoms with Gasteiger partial charge in [-0.15, -0.1) is 0 Å². The first-order valence-corrected chi connectivity index (χ1v) is 15.0. The van der Waals surface area contributed by atoms with Crippen LogP contribution in [0.4, 0.5) is 8.78 Å². The van der Waals surface area contributed by atoms with E-state index in [4.69, 9.17) is 9.47 Å². The molecule has 0 N–H and O–H groups in total. The van der Waals surface area contributed by atoms with Gasteiger partial charge >= 0.3 is 5.97 Å². The molecule has 0 aliphatic carbocycles. The van der Waals surface area contributed by atoms with Gasteiger partial charge in [-0.05, 0) is 68.1 Å². The van der Waals surface area contributed by atoms with Gasteiger partial charge in [-0.1, -0.05) is 77.3 Å². The number of nitrogens with zero attached hydrogens (tertiary/aromatic N) is 2. The highest BCUT2D eigenvalue weighted by atomic mass is 19.1. The van der Waals surface area contributed by atoms with Gasteiger partial charge in [-0.25, -0.2) is 23.5 Å². The summed E-state index contributed by atoms with van der Waals surface area (Å²) in [4.78, 5) is 21.4. The van der Waals surface area contributed by atoms with E-state index < -0.39 is 17.8 Å². The Labute approximate surface area is 243 Å². The Morgan fingerprint density at radius 1 is 0.780 bits per heavy atom. The predicted molar refractivity (Wildman–Crippen MR) is 161 cm³/mol. The molecule has 0 fully saturated rings. The molecular weight excluding hydrogens is 522 g/mol. The van der Waals surface area contributed by atoms with Crippen LogP contribution in [0.5, 0.6) is 11.5 Å². The summed E-state index contributed by atoms with van der Waals surface area (Å²) in [5.74, 6) is 0.601. The molecular formula is C34H44F2N2O3. The Kier molecular flexibility index (Phi) is 13.2. The molecule has 0 radical (unpaired) electrons. The molecule has 0 saturated carbocycles. The SMILES string of the molecule is CCCCCCCCC[C@](C)(F)C(=O)Oc1ccc(-c2cnc(-c3ccc(OC[C@@H](F)CCCC)cc3)nc2)cc1. The molecule has 0 amide bonds. The molecule has 41 heavy (non-hydrogen) atoms. The zero-order chi connectivity index (χ0) is 29.5. The number of alkyl halides is 2. The Balaban J connectivity index is 1.49. The van der Waals surface area contributed by atoms with Crippen molar-refractivity contribution >= 4 is 5.97 Å². The van der Waals surface area contributed by atoms with Crippen LogP contribution in [0.25, 0.3) is 22.5 Å². The van der Waals surface area contributed by atoms with Crippen molar-refractivity contribution in [3.8, 4) is 34.0 Å². The number of carbonyl (C=O) groups excluding carboxylic acids is 1. The second-order valence-corrected chi connectivity index (χ2v) is 10.9. The van der Waals surface area contributed by atoms with E-state index in [2.05, 4.69) is 16.9 Å². The molecule has 222 valence electrons. The number of hydrogen-bond donors (Lipinski definition) is 0. The zero-order valence-electron chi connectivity index (χ0n) is 24.7. The summed E-state index contributed by atoms with van der Waals surface area (Å²) in [5.41, 5.74) is 0.442. The Hall–Kier alpha value is -3.35. The third-order valence-corrected chi connectivity index (χ3v) is 7.14. The number of hydrogen-bond acceptors (Lipinski definition) is 5. The number of rotatable bonds is 18. The zero-order valence-corrected chi connectivity index (χ0v) is 24.7. The Morgan fingerprint density at radius 2 is 1.34 bits per heavy atom. The van der Waals surface area contributed by atoms with Crippen LogP contribution >= 0.6 is 0 Å². The number of unbranched alkanes of at least 4 members (excludes halogenated alkanes) is 7. The monoisotopic (exact) mass is 566 g/mol. The van der Waals surface area contributed by atoms with E-state index in [9.17, 15) is 13.6 Å². The first kappa shape index (κ1) is 32.2. The van der Waals surface area contributed by atoms with E-state index >= 15 is 0 Å². The van der Waals surface area contributed by atoms with Crippen molar-refractivity contribution in [2.45, 2.75) is 103 Å². The number of carbonyl (C=O) groups is 1. The molecule has 0 bridgehead atoms. The number of aromatic nitrogens is 2. The average Bonchev–Trinajstić information content (AvgIpc) is 2.99. The molecule has 0 saturated heterocycles. The van der Waals surface area contributed by atoms with E-state index in [1.54, 1.807) is 48.8 Å². The van der Waals surface area contributed by atoms with Gasteiger partial charge in [0.15, 0.2) is 5.82 Å². The maximum atomic E-state index is 14.9. The third kappa shape index (κ3) is 10.9. The minimum absolute atomic E-state index is 0.0505. The highest BCUT2D eigenvalue weighted by Gasteiger charge is 2.34. The molecule has 3 rings (SSSR count). The minimum Gasteiger partial charge on any atom is -0.491 e. The van der Waals surface area contributed by atoms with Crippen molar-refractivity contribution in [2.75, 3.05) is 6.61 Å². The van der Waals surface area contributed by atoms with Crippen molar-refractivity contribution in [2.24, 2.45) is 0 Å². The van der Waals surface area contributed by atoms with Crippen molar-refractivity contribution in [1.82, 2.24) is 9.97 Å². The highest BCUT2D eigenvalue weighted by Crippen LogP contribution is 2.27. The van der Waals surface area contributed by atoms with Gasteiger partial charge in [0, 0.05) is 23.5 Å². The smallest absolute Gasteiger partial charge is 0.348 e. The molecule has 0 aliphatic rings. The van der Waals surface area contributed by atoms with Crippen LogP contribution in [0.15, 0.2) is 60.9 Å². The molecule has 7 heteroatoms. The van der Waals surface area contributed by atoms with Crippen LogP contribution in [-0.2, 0) is 4.79 Å². The van der Waals surface area contributed by atoms with Crippen molar-refractivity contribution in [3.63, 3.8) is 0 Å². The normalized spacial score (nSPS) is 13.4. The Morgan fingerprint density at radius 3 is 1.98 bits per heavy atom. The van der Waals surface area contributed by atoms with Gasteiger partial charge in [-0.3, -0.25) is 0 Å². The second kappa shape index (κ2) is 16.8. The van der Waals surface area contributed by atoms with Crippen LogP contribution < -0.4 is 9.47 Å². The molecule has 0 spiro atoms. The molecule has 3 aromatic rings. The van der Waals surface area contributed by atoms with Gasteiger partial charge in [0.25, 0.3) is 0 Å². The standard InChI is InChI=1S/C34H44F2N2O3/c1-4-6-8-9-10-11-12-22-34(3,36)33(39)41-31-20-14-26(15-21-31)28-23-37-32(38-24-28)27-16-18-30(19-17-27)40-25-29(35)13-7-5-2/h14-21,23-24,29H,4-13,22,25H2,1-3H3/t29-,34-/m0/s1. The van der Waals surface area contributed by atoms with Crippen molar-refractivity contribution in [3.05, 3.63) is 60.9 Å². The summed E-state index contributed by atoms with van der Waals surface area (Å²) in [6.45, 7) is 5.57. The summed E-state index contributed by atoms with van der Waals surface area (Å²) in [6.07, 6.45) is 12.4. The van der Waals surface area contributed by atoms with E-state index in [-0.39, 0.29) is 13.0 Å². The molecule has 1 heterocycles. The lowest BCUT2D eigenvalue weighted by molar-refractivity contribution is -0.147. The lowest BCUT2D eigenvalue weighted by atomic mass is 9.99. The summed E-state index contributed by atoms with van der Waals surface area (Å²) >= 11 is 0. The number of benzene rings is 2. The third-order valence-electron chi connectivity index (χ3n) is 7.14. The number of halogens is 2.